The summed E-state index contributed by atoms with van der Waals surface area (Å²) in [7, 11) is -1.03. The van der Waals surface area contributed by atoms with E-state index in [9.17, 15) is 0 Å². The van der Waals surface area contributed by atoms with E-state index in [2.05, 4.69) is 51.4 Å². The van der Waals surface area contributed by atoms with Crippen LogP contribution in [0.2, 0.25) is 32.7 Å². The standard InChI is InChI=1S/C15H34Si3/c1-7-8-9-10-11-12-13-14-15-18(5,6)17(4)16(2)3/h14-15H,7-13H2,1-6H3/b15-14+. The summed E-state index contributed by atoms with van der Waals surface area (Å²) in [6.07, 6.45) is 12.4. The fourth-order valence-electron chi connectivity index (χ4n) is 2.19. The van der Waals surface area contributed by atoms with Crippen LogP contribution < -0.4 is 0 Å². The van der Waals surface area contributed by atoms with Crippen LogP contribution in [0, 0.1) is 0 Å². The molecule has 0 aliphatic carbocycles. The zero-order valence-electron chi connectivity index (χ0n) is 13.6. The van der Waals surface area contributed by atoms with Crippen LogP contribution in [0.25, 0.3) is 0 Å². The number of unbranched alkanes of at least 4 members (excludes halogenated alkanes) is 6. The van der Waals surface area contributed by atoms with Gasteiger partial charge in [0.1, 0.15) is 0 Å². The molecule has 0 saturated carbocycles. The first kappa shape index (κ1) is 18.4. The first-order chi connectivity index (χ1) is 8.41. The summed E-state index contributed by atoms with van der Waals surface area (Å²) >= 11 is 0. The van der Waals surface area contributed by atoms with Gasteiger partial charge in [-0.25, -0.2) is 0 Å². The van der Waals surface area contributed by atoms with Crippen LogP contribution in [0.5, 0.6) is 0 Å². The lowest BCUT2D eigenvalue weighted by molar-refractivity contribution is 0.611. The first-order valence-electron chi connectivity index (χ1n) is 7.74. The van der Waals surface area contributed by atoms with Crippen molar-refractivity contribution in [2.45, 2.75) is 84.6 Å². The zero-order valence-corrected chi connectivity index (χ0v) is 16.6. The van der Waals surface area contributed by atoms with E-state index in [0.29, 0.717) is 0 Å². The van der Waals surface area contributed by atoms with Gasteiger partial charge in [0.15, 0.2) is 0 Å². The van der Waals surface area contributed by atoms with E-state index >= 15 is 0 Å². The van der Waals surface area contributed by atoms with Crippen molar-refractivity contribution in [1.29, 1.82) is 0 Å². The summed E-state index contributed by atoms with van der Waals surface area (Å²) in [5.41, 5.74) is 2.66. The molecule has 0 fully saturated rings. The summed E-state index contributed by atoms with van der Waals surface area (Å²) in [6, 6.07) is 0. The highest BCUT2D eigenvalue weighted by molar-refractivity contribution is 7.56. The lowest BCUT2D eigenvalue weighted by Gasteiger charge is -2.27. The van der Waals surface area contributed by atoms with E-state index in [-0.39, 0.29) is 16.1 Å². The fraction of sp³-hybridized carbons (Fsp3) is 0.867. The highest BCUT2D eigenvalue weighted by Gasteiger charge is 2.29. The van der Waals surface area contributed by atoms with Gasteiger partial charge in [-0.05, 0) is 12.8 Å². The molecule has 3 heteroatoms. The third kappa shape index (κ3) is 8.49. The van der Waals surface area contributed by atoms with Crippen molar-refractivity contribution >= 4 is 23.7 Å². The third-order valence-corrected chi connectivity index (χ3v) is 29.6. The number of hydrogen-bond acceptors (Lipinski definition) is 0. The molecule has 0 amide bonds. The van der Waals surface area contributed by atoms with E-state index in [1.54, 1.807) is 0 Å². The Morgan fingerprint density at radius 3 is 2.00 bits per heavy atom. The SMILES string of the molecule is CCCCCCCC/C=C/[Si](C)(C)[Si](C)[Si](C)C. The maximum atomic E-state index is 2.66. The lowest BCUT2D eigenvalue weighted by atomic mass is 10.1. The smallest absolute Gasteiger partial charge is 0.0589 e. The van der Waals surface area contributed by atoms with Crippen LogP contribution >= 0.6 is 0 Å². The molecule has 0 aliphatic rings. The summed E-state index contributed by atoms with van der Waals surface area (Å²) in [5.74, 6) is 0. The molecule has 0 aromatic rings. The van der Waals surface area contributed by atoms with Gasteiger partial charge in [0, 0.05) is 16.1 Å². The Morgan fingerprint density at radius 2 is 1.44 bits per heavy atom. The Morgan fingerprint density at radius 1 is 0.889 bits per heavy atom. The largest absolute Gasteiger partial charge is 0.101 e. The second-order valence-electron chi connectivity index (χ2n) is 6.31. The van der Waals surface area contributed by atoms with Gasteiger partial charge < -0.3 is 0 Å². The summed E-state index contributed by atoms with van der Waals surface area (Å²) in [5, 5.41) is 0. The average Bonchev–Trinajstić information content (AvgIpc) is 2.31. The minimum atomic E-state index is -0.984. The number of allylic oxidation sites excluding steroid dienone is 1. The molecule has 0 aromatic carbocycles. The van der Waals surface area contributed by atoms with Gasteiger partial charge in [0.05, 0.1) is 7.59 Å². The normalized spacial score (nSPS) is 13.1. The van der Waals surface area contributed by atoms with Crippen molar-refractivity contribution in [2.24, 2.45) is 0 Å². The second kappa shape index (κ2) is 10.2. The highest BCUT2D eigenvalue weighted by Crippen LogP contribution is 2.13. The minimum Gasteiger partial charge on any atom is -0.101 e. The zero-order chi connectivity index (χ0) is 14.0. The van der Waals surface area contributed by atoms with Gasteiger partial charge in [-0.15, -0.1) is 5.70 Å². The van der Waals surface area contributed by atoms with Crippen LogP contribution in [-0.2, 0) is 0 Å². The van der Waals surface area contributed by atoms with E-state index in [4.69, 9.17) is 0 Å². The molecule has 0 unspecified atom stereocenters. The van der Waals surface area contributed by atoms with Crippen LogP contribution in [0.3, 0.4) is 0 Å². The van der Waals surface area contributed by atoms with E-state index in [0.717, 1.165) is 0 Å². The molecule has 18 heavy (non-hydrogen) atoms. The van der Waals surface area contributed by atoms with Crippen molar-refractivity contribution < 1.29 is 0 Å². The van der Waals surface area contributed by atoms with Crippen molar-refractivity contribution in [2.75, 3.05) is 0 Å². The quantitative estimate of drug-likeness (QED) is 0.365. The summed E-state index contributed by atoms with van der Waals surface area (Å²) in [6.45, 7) is 15.1. The molecular formula is C15H34Si3. The molecule has 0 atom stereocenters. The predicted octanol–water partition coefficient (Wildman–Crippen LogP) is 5.58. The molecule has 0 N–H and O–H groups in total. The Kier molecular flexibility index (Phi) is 10.4. The van der Waals surface area contributed by atoms with Gasteiger partial charge in [-0.3, -0.25) is 0 Å². The van der Waals surface area contributed by atoms with Gasteiger partial charge in [0.25, 0.3) is 0 Å². The molecule has 0 heterocycles. The van der Waals surface area contributed by atoms with Crippen LogP contribution in [0.15, 0.2) is 11.8 Å². The van der Waals surface area contributed by atoms with Gasteiger partial charge in [0.2, 0.25) is 0 Å². The van der Waals surface area contributed by atoms with Gasteiger partial charge in [-0.2, -0.15) is 0 Å². The topological polar surface area (TPSA) is 0 Å². The number of rotatable bonds is 10. The van der Waals surface area contributed by atoms with Crippen molar-refractivity contribution in [1.82, 2.24) is 0 Å². The third-order valence-electron chi connectivity index (χ3n) is 3.98. The summed E-state index contributed by atoms with van der Waals surface area (Å²) in [4.78, 5) is 0. The van der Waals surface area contributed by atoms with E-state index < -0.39 is 7.59 Å². The van der Waals surface area contributed by atoms with Gasteiger partial charge in [-0.1, -0.05) is 77.8 Å². The monoisotopic (exact) mass is 298 g/mol. The first-order valence-corrected chi connectivity index (χ1v) is 17.3. The average molecular weight is 299 g/mol. The molecule has 0 bridgehead atoms. The van der Waals surface area contributed by atoms with Crippen LogP contribution in [0.1, 0.15) is 51.9 Å². The van der Waals surface area contributed by atoms with Crippen LogP contribution in [0.4, 0.5) is 0 Å². The van der Waals surface area contributed by atoms with Crippen molar-refractivity contribution in [3.05, 3.63) is 11.8 Å². The molecule has 0 spiro atoms. The Labute approximate surface area is 120 Å². The second-order valence-corrected chi connectivity index (χ2v) is 26.2. The Bertz CT molecular complexity index is 222. The lowest BCUT2D eigenvalue weighted by Crippen LogP contribution is -2.50. The minimum absolute atomic E-state index is 0.0136. The molecule has 106 valence electrons. The maximum Gasteiger partial charge on any atom is 0.0589 e. The molecule has 2 radical (unpaired) electrons. The molecule has 0 aliphatic heterocycles. The molecule has 0 aromatic heterocycles. The van der Waals surface area contributed by atoms with E-state index in [1.165, 1.54) is 44.9 Å². The molecule has 0 saturated heterocycles. The Hall–Kier alpha value is 0.391. The molecule has 0 nitrogen and oxygen atoms in total. The molecular weight excluding hydrogens is 264 g/mol. The van der Waals surface area contributed by atoms with Gasteiger partial charge >= 0.3 is 0 Å². The van der Waals surface area contributed by atoms with Crippen molar-refractivity contribution in [3.63, 3.8) is 0 Å². The Balaban J connectivity index is 3.74. The maximum absolute atomic E-state index is 2.66. The predicted molar refractivity (Wildman–Crippen MR) is 93.7 cm³/mol. The summed E-state index contributed by atoms with van der Waals surface area (Å²) < 4.78 is 0. The van der Waals surface area contributed by atoms with Crippen molar-refractivity contribution in [3.8, 4) is 0 Å². The highest BCUT2D eigenvalue weighted by atomic mass is 29.6. The number of hydrogen-bond donors (Lipinski definition) is 0. The fourth-order valence-corrected chi connectivity index (χ4v) is 21.8. The van der Waals surface area contributed by atoms with E-state index in [1.807, 2.05) is 0 Å². The van der Waals surface area contributed by atoms with Crippen LogP contribution in [-0.4, -0.2) is 23.7 Å². The molecule has 0 rings (SSSR count).